The number of pyridine rings is 3. The molecule has 0 aliphatic carbocycles. The Hall–Kier alpha value is -4.23. The molecule has 7 heterocycles. The molecule has 4 saturated heterocycles. The van der Waals surface area contributed by atoms with Gasteiger partial charge in [0.05, 0.1) is 29.7 Å². The van der Waals surface area contributed by atoms with Crippen molar-refractivity contribution in [3.8, 4) is 17.2 Å². The number of alkyl halides is 1. The predicted octanol–water partition coefficient (Wildman–Crippen LogP) is 3.06. The van der Waals surface area contributed by atoms with Gasteiger partial charge in [-0.15, -0.1) is 0 Å². The summed E-state index contributed by atoms with van der Waals surface area (Å²) in [7, 11) is 0. The molecule has 3 atom stereocenters. The summed E-state index contributed by atoms with van der Waals surface area (Å²) >= 11 is 0. The van der Waals surface area contributed by atoms with Gasteiger partial charge in [0.2, 0.25) is 5.56 Å². The number of rotatable bonds is 6. The number of nitrogens with two attached hydrogens (primary N) is 1. The zero-order chi connectivity index (χ0) is 27.1. The van der Waals surface area contributed by atoms with Gasteiger partial charge in [-0.3, -0.25) is 14.7 Å². The molecular weight excluding hydrogens is 495 g/mol. The number of aromatic nitrogens is 3. The van der Waals surface area contributed by atoms with Crippen molar-refractivity contribution in [1.82, 2.24) is 19.9 Å². The van der Waals surface area contributed by atoms with E-state index in [2.05, 4.69) is 25.8 Å². The number of halogens is 1. The molecule has 0 saturated carbocycles. The van der Waals surface area contributed by atoms with Crippen molar-refractivity contribution in [1.29, 1.82) is 5.26 Å². The maximum Gasteiger partial charge on any atom is 0.247 e. The van der Waals surface area contributed by atoms with Crippen LogP contribution in [0.25, 0.3) is 16.7 Å². The third-order valence-corrected chi connectivity index (χ3v) is 8.15. The zero-order valence-electron chi connectivity index (χ0n) is 21.8. The molecule has 9 nitrogen and oxygen atoms in total. The normalized spacial score (nSPS) is 24.9. The highest BCUT2D eigenvalue weighted by molar-refractivity contribution is 5.86. The number of allylic oxidation sites excluding steroid dienone is 1. The summed E-state index contributed by atoms with van der Waals surface area (Å²) in [6.07, 6.45) is 8.18. The van der Waals surface area contributed by atoms with Gasteiger partial charge in [-0.25, -0.2) is 9.37 Å². The molecule has 0 aromatic carbocycles. The monoisotopic (exact) mass is 526 g/mol. The van der Waals surface area contributed by atoms with E-state index in [9.17, 15) is 14.4 Å². The summed E-state index contributed by atoms with van der Waals surface area (Å²) in [5.74, 6) is 0.908. The molecule has 4 fully saturated rings. The number of aromatic amines is 1. The number of piperazine rings is 1. The maximum absolute atomic E-state index is 14.5. The van der Waals surface area contributed by atoms with E-state index in [0.29, 0.717) is 37.3 Å². The number of anilines is 2. The van der Waals surface area contributed by atoms with Gasteiger partial charge in [-0.2, -0.15) is 5.26 Å². The van der Waals surface area contributed by atoms with Crippen LogP contribution in [0.4, 0.5) is 15.9 Å². The number of hydrogen-bond donors (Lipinski definition) is 2. The van der Waals surface area contributed by atoms with E-state index in [1.54, 1.807) is 25.4 Å². The second-order valence-electron chi connectivity index (χ2n) is 11.0. The summed E-state index contributed by atoms with van der Waals surface area (Å²) in [5, 5.41) is 9.63. The fourth-order valence-corrected chi connectivity index (χ4v) is 5.99. The Labute approximate surface area is 226 Å². The molecule has 10 heteroatoms. The van der Waals surface area contributed by atoms with Crippen LogP contribution in [0.5, 0.6) is 0 Å². The molecule has 3 aromatic rings. The summed E-state index contributed by atoms with van der Waals surface area (Å²) in [4.78, 5) is 30.3. The van der Waals surface area contributed by atoms with Gasteiger partial charge in [0.25, 0.3) is 0 Å². The largest absolute Gasteiger partial charge is 0.403 e. The Balaban J connectivity index is 1.21. The summed E-state index contributed by atoms with van der Waals surface area (Å²) in [5.41, 5.74) is 8.66. The van der Waals surface area contributed by atoms with Crippen molar-refractivity contribution < 1.29 is 4.39 Å². The van der Waals surface area contributed by atoms with Crippen molar-refractivity contribution in [2.24, 2.45) is 5.73 Å². The van der Waals surface area contributed by atoms with Gasteiger partial charge in [0.1, 0.15) is 17.6 Å². The molecule has 4 aliphatic rings. The number of nitrogens with one attached hydrogen (secondary N) is 1. The molecule has 0 spiro atoms. The van der Waals surface area contributed by atoms with Crippen LogP contribution < -0.4 is 21.1 Å². The Kier molecular flexibility index (Phi) is 6.31. The van der Waals surface area contributed by atoms with Gasteiger partial charge in [0, 0.05) is 80.5 Å². The number of piperidine rings is 1. The minimum atomic E-state index is -1.23. The van der Waals surface area contributed by atoms with E-state index in [1.165, 1.54) is 6.20 Å². The number of nitriles is 1. The minimum absolute atomic E-state index is 0.0837. The molecule has 3 aromatic heterocycles. The van der Waals surface area contributed by atoms with Crippen molar-refractivity contribution in [3.63, 3.8) is 0 Å². The number of H-pyrrole nitrogens is 1. The van der Waals surface area contributed by atoms with Crippen LogP contribution in [-0.2, 0) is 6.54 Å². The Morgan fingerprint density at radius 1 is 1.23 bits per heavy atom. The maximum atomic E-state index is 14.5. The van der Waals surface area contributed by atoms with Crippen LogP contribution in [0.2, 0.25) is 0 Å². The van der Waals surface area contributed by atoms with Crippen LogP contribution in [0.1, 0.15) is 31.0 Å². The Morgan fingerprint density at radius 2 is 2.05 bits per heavy atom. The van der Waals surface area contributed by atoms with Crippen molar-refractivity contribution >= 4 is 17.1 Å². The standard InChI is InChI=1S/C29H31FN8O/c1-29(30)6-7-36(18-29)22-9-25(28(35-14-22)21(10-31)11-32)20-3-4-26(33-13-20)37-16-23-8-24(17-37)38(23)15-19-2-5-27(39)34-12-19/h2-5,9-10,12-14,23-24H,6-8,15-18,31H2,1H3,(H,34,39). The molecule has 4 aliphatic heterocycles. The fraction of sp³-hybridized carbons (Fsp3) is 0.379. The highest BCUT2D eigenvalue weighted by Crippen LogP contribution is 2.37. The predicted molar refractivity (Wildman–Crippen MR) is 149 cm³/mol. The summed E-state index contributed by atoms with van der Waals surface area (Å²) in [6.45, 7) is 5.14. The molecular formula is C29H31FN8O. The van der Waals surface area contributed by atoms with Crippen LogP contribution >= 0.6 is 0 Å². The second-order valence-corrected chi connectivity index (χ2v) is 11.0. The molecule has 0 amide bonds. The lowest BCUT2D eigenvalue weighted by Crippen LogP contribution is -2.68. The SMILES string of the molecule is CC1(F)CCN(c2cnc(C(C#N)=CN)c(-c3ccc(N4CC5CC(C4)N5Cc4ccc(=O)[nH]c4)nc3)c2)C1. The number of nitrogens with zero attached hydrogens (tertiary/aromatic N) is 6. The van der Waals surface area contributed by atoms with Crippen LogP contribution in [-0.4, -0.2) is 63.8 Å². The molecule has 0 radical (unpaired) electrons. The third kappa shape index (κ3) is 4.86. The van der Waals surface area contributed by atoms with E-state index in [0.717, 1.165) is 54.3 Å². The molecule has 7 rings (SSSR count). The first-order valence-electron chi connectivity index (χ1n) is 13.2. The van der Waals surface area contributed by atoms with Crippen LogP contribution in [0, 0.1) is 11.3 Å². The lowest BCUT2D eigenvalue weighted by molar-refractivity contribution is -0.00876. The third-order valence-electron chi connectivity index (χ3n) is 8.15. The molecule has 200 valence electrons. The highest BCUT2D eigenvalue weighted by Gasteiger charge is 2.44. The van der Waals surface area contributed by atoms with Gasteiger partial charge < -0.3 is 20.5 Å². The van der Waals surface area contributed by atoms with Gasteiger partial charge >= 0.3 is 0 Å². The van der Waals surface area contributed by atoms with Crippen molar-refractivity contribution in [3.05, 3.63) is 76.7 Å². The minimum Gasteiger partial charge on any atom is -0.403 e. The lowest BCUT2D eigenvalue weighted by Gasteiger charge is -2.56. The fourth-order valence-electron chi connectivity index (χ4n) is 5.99. The topological polar surface area (TPSA) is 118 Å². The highest BCUT2D eigenvalue weighted by atomic mass is 19.1. The first kappa shape index (κ1) is 25.1. The second kappa shape index (κ2) is 9.82. The molecule has 2 bridgehead atoms. The van der Waals surface area contributed by atoms with Crippen molar-refractivity contribution in [2.45, 2.75) is 44.1 Å². The smallest absolute Gasteiger partial charge is 0.247 e. The van der Waals surface area contributed by atoms with Crippen molar-refractivity contribution in [2.75, 3.05) is 36.0 Å². The number of hydrogen-bond acceptors (Lipinski definition) is 8. The molecule has 39 heavy (non-hydrogen) atoms. The Morgan fingerprint density at radius 3 is 2.67 bits per heavy atom. The van der Waals surface area contributed by atoms with E-state index >= 15 is 0 Å². The number of fused-ring (bicyclic) bond motifs is 2. The Bertz CT molecular complexity index is 1480. The van der Waals surface area contributed by atoms with Crippen LogP contribution in [0.3, 0.4) is 0 Å². The first-order valence-corrected chi connectivity index (χ1v) is 13.2. The van der Waals surface area contributed by atoms with Gasteiger partial charge in [-0.05, 0) is 37.1 Å². The van der Waals surface area contributed by atoms with Crippen LogP contribution in [0.15, 0.2) is 59.9 Å². The van der Waals surface area contributed by atoms with Gasteiger partial charge in [-0.1, -0.05) is 6.07 Å². The quantitative estimate of drug-likeness (QED) is 0.471. The zero-order valence-corrected chi connectivity index (χ0v) is 21.8. The lowest BCUT2D eigenvalue weighted by atomic mass is 9.87. The van der Waals surface area contributed by atoms with E-state index in [1.807, 2.05) is 35.4 Å². The first-order chi connectivity index (χ1) is 18.8. The van der Waals surface area contributed by atoms with E-state index in [-0.39, 0.29) is 11.1 Å². The molecule has 3 unspecified atom stereocenters. The summed E-state index contributed by atoms with van der Waals surface area (Å²) in [6, 6.07) is 12.4. The van der Waals surface area contributed by atoms with Gasteiger partial charge in [0.15, 0.2) is 0 Å². The van der Waals surface area contributed by atoms with E-state index < -0.39 is 5.67 Å². The van der Waals surface area contributed by atoms with E-state index in [4.69, 9.17) is 10.7 Å². The summed E-state index contributed by atoms with van der Waals surface area (Å²) < 4.78 is 14.5. The average Bonchev–Trinajstić information content (AvgIpc) is 3.33. The molecule has 3 N–H and O–H groups in total. The average molecular weight is 527 g/mol.